The Morgan fingerprint density at radius 3 is 2.95 bits per heavy atom. The molecule has 2 aliphatic heterocycles. The number of rotatable bonds is 2. The zero-order chi connectivity index (χ0) is 15.3. The van der Waals surface area contributed by atoms with Crippen LogP contribution in [0, 0.1) is 6.92 Å². The van der Waals surface area contributed by atoms with Gasteiger partial charge in [-0.3, -0.25) is 9.69 Å². The van der Waals surface area contributed by atoms with Gasteiger partial charge in [-0.1, -0.05) is 18.2 Å². The number of piperazine rings is 1. The van der Waals surface area contributed by atoms with E-state index in [1.165, 1.54) is 10.9 Å². The predicted molar refractivity (Wildman–Crippen MR) is 85.6 cm³/mol. The molecular weight excluding hydrogens is 276 g/mol. The predicted octanol–water partition coefficient (Wildman–Crippen LogP) is 2.94. The summed E-state index contributed by atoms with van der Waals surface area (Å²) < 4.78 is 6.03. The molecule has 0 bridgehead atoms. The van der Waals surface area contributed by atoms with Crippen LogP contribution in [0.25, 0.3) is 11.0 Å². The number of amides is 1. The number of aryl methyl sites for hydroxylation is 1. The lowest BCUT2D eigenvalue weighted by molar-refractivity contribution is -0.143. The van der Waals surface area contributed by atoms with Crippen molar-refractivity contribution >= 4 is 16.9 Å². The Balaban J connectivity index is 1.61. The summed E-state index contributed by atoms with van der Waals surface area (Å²) in [6.07, 6.45) is 2.27. The highest BCUT2D eigenvalue weighted by molar-refractivity contribution is 5.83. The molecule has 0 N–H and O–H groups in total. The van der Waals surface area contributed by atoms with Crippen molar-refractivity contribution < 1.29 is 9.21 Å². The van der Waals surface area contributed by atoms with Gasteiger partial charge in [-0.15, -0.1) is 0 Å². The zero-order valence-corrected chi connectivity index (χ0v) is 13.2. The number of furan rings is 1. The van der Waals surface area contributed by atoms with Gasteiger partial charge in [0, 0.05) is 24.5 Å². The van der Waals surface area contributed by atoms with Gasteiger partial charge in [-0.2, -0.15) is 0 Å². The Morgan fingerprint density at radius 1 is 1.32 bits per heavy atom. The summed E-state index contributed by atoms with van der Waals surface area (Å²) in [6.45, 7) is 6.75. The molecule has 0 saturated carbocycles. The largest absolute Gasteiger partial charge is 0.459 e. The normalized spacial score (nSPS) is 25.9. The van der Waals surface area contributed by atoms with Crippen molar-refractivity contribution in [3.63, 3.8) is 0 Å². The molecule has 3 heterocycles. The Kier molecular flexibility index (Phi) is 3.22. The molecular formula is C18H22N2O2. The lowest BCUT2D eigenvalue weighted by Crippen LogP contribution is -2.58. The monoisotopic (exact) mass is 298 g/mol. The smallest absolute Gasteiger partial charge is 0.239 e. The Hall–Kier alpha value is -1.81. The van der Waals surface area contributed by atoms with Crippen LogP contribution in [-0.2, 0) is 11.3 Å². The second-order valence-electron chi connectivity index (χ2n) is 6.58. The van der Waals surface area contributed by atoms with Crippen molar-refractivity contribution in [3.05, 3.63) is 35.6 Å². The molecule has 2 fully saturated rings. The molecule has 4 rings (SSSR count). The van der Waals surface area contributed by atoms with Crippen molar-refractivity contribution in [2.45, 2.75) is 45.3 Å². The van der Waals surface area contributed by atoms with Gasteiger partial charge in [-0.05, 0) is 38.3 Å². The van der Waals surface area contributed by atoms with Crippen molar-refractivity contribution in [1.82, 2.24) is 9.80 Å². The molecule has 2 aromatic rings. The molecule has 4 nitrogen and oxygen atoms in total. The summed E-state index contributed by atoms with van der Waals surface area (Å²) in [6, 6.07) is 8.49. The highest BCUT2D eigenvalue weighted by atomic mass is 16.3. The molecule has 2 saturated heterocycles. The second kappa shape index (κ2) is 5.13. The van der Waals surface area contributed by atoms with Crippen LogP contribution in [0.1, 0.15) is 31.1 Å². The first-order valence-corrected chi connectivity index (χ1v) is 8.16. The maximum atomic E-state index is 12.5. The third kappa shape index (κ3) is 2.05. The number of hydrogen-bond acceptors (Lipinski definition) is 3. The van der Waals surface area contributed by atoms with E-state index < -0.39 is 0 Å². The van der Waals surface area contributed by atoms with Crippen LogP contribution in [0.15, 0.2) is 28.7 Å². The standard InChI is InChI=1S/C18H22N2O2/c1-12-15-7-3-4-8-16(15)22-17(12)11-19-10-14-6-5-9-20(14)18(21)13(19)2/h3-4,7-8,13-14H,5-6,9-11H2,1-2H3/t13-,14-/m1/s1. The lowest BCUT2D eigenvalue weighted by Gasteiger charge is -2.41. The molecule has 22 heavy (non-hydrogen) atoms. The number of para-hydroxylation sites is 1. The Bertz CT molecular complexity index is 721. The molecule has 0 aliphatic carbocycles. The molecule has 116 valence electrons. The van der Waals surface area contributed by atoms with Crippen LogP contribution in [0.2, 0.25) is 0 Å². The SMILES string of the molecule is Cc1c(CN2C[C@H]3CCCN3C(=O)[C@H]2C)oc2ccccc12. The number of carbonyl (C=O) groups excluding carboxylic acids is 1. The van der Waals surface area contributed by atoms with E-state index in [1.807, 2.05) is 25.1 Å². The molecule has 1 amide bonds. The quantitative estimate of drug-likeness (QED) is 0.855. The van der Waals surface area contributed by atoms with Crippen molar-refractivity contribution in [2.24, 2.45) is 0 Å². The molecule has 1 aromatic carbocycles. The molecule has 0 unspecified atom stereocenters. The van der Waals surface area contributed by atoms with E-state index in [1.54, 1.807) is 0 Å². The first kappa shape index (κ1) is 13.8. The lowest BCUT2D eigenvalue weighted by atomic mass is 10.1. The van der Waals surface area contributed by atoms with E-state index in [0.717, 1.165) is 43.8 Å². The van der Waals surface area contributed by atoms with E-state index in [2.05, 4.69) is 22.8 Å². The fraction of sp³-hybridized carbons (Fsp3) is 0.500. The molecule has 4 heteroatoms. The fourth-order valence-electron chi connectivity index (χ4n) is 3.90. The maximum absolute atomic E-state index is 12.5. The van der Waals surface area contributed by atoms with Crippen molar-refractivity contribution in [2.75, 3.05) is 13.1 Å². The number of carbonyl (C=O) groups is 1. The first-order valence-electron chi connectivity index (χ1n) is 8.16. The van der Waals surface area contributed by atoms with Crippen LogP contribution in [0.5, 0.6) is 0 Å². The highest BCUT2D eigenvalue weighted by Crippen LogP contribution is 2.30. The molecule has 0 spiro atoms. The number of hydrogen-bond donors (Lipinski definition) is 0. The minimum Gasteiger partial charge on any atom is -0.459 e. The summed E-state index contributed by atoms with van der Waals surface area (Å²) in [7, 11) is 0. The van der Waals surface area contributed by atoms with Gasteiger partial charge >= 0.3 is 0 Å². The van der Waals surface area contributed by atoms with E-state index >= 15 is 0 Å². The van der Waals surface area contributed by atoms with Gasteiger partial charge in [0.1, 0.15) is 11.3 Å². The van der Waals surface area contributed by atoms with E-state index in [-0.39, 0.29) is 11.9 Å². The van der Waals surface area contributed by atoms with Gasteiger partial charge in [0.05, 0.1) is 12.6 Å². The van der Waals surface area contributed by atoms with Crippen LogP contribution >= 0.6 is 0 Å². The third-order valence-electron chi connectivity index (χ3n) is 5.30. The summed E-state index contributed by atoms with van der Waals surface area (Å²) >= 11 is 0. The van der Waals surface area contributed by atoms with Gasteiger partial charge in [-0.25, -0.2) is 0 Å². The average Bonchev–Trinajstić information content (AvgIpc) is 3.11. The van der Waals surface area contributed by atoms with E-state index in [4.69, 9.17) is 4.42 Å². The summed E-state index contributed by atoms with van der Waals surface area (Å²) in [5.41, 5.74) is 2.14. The third-order valence-corrected chi connectivity index (χ3v) is 5.30. The molecule has 0 radical (unpaired) electrons. The minimum atomic E-state index is -0.0537. The average molecular weight is 298 g/mol. The van der Waals surface area contributed by atoms with E-state index in [9.17, 15) is 4.79 Å². The van der Waals surface area contributed by atoms with Gasteiger partial charge in [0.25, 0.3) is 0 Å². The van der Waals surface area contributed by atoms with Crippen LogP contribution in [-0.4, -0.2) is 40.9 Å². The Labute approximate surface area is 130 Å². The summed E-state index contributed by atoms with van der Waals surface area (Å²) in [4.78, 5) is 16.9. The molecule has 1 aromatic heterocycles. The zero-order valence-electron chi connectivity index (χ0n) is 13.2. The molecule has 2 aliphatic rings. The highest BCUT2D eigenvalue weighted by Gasteiger charge is 2.40. The number of benzene rings is 1. The van der Waals surface area contributed by atoms with Crippen LogP contribution in [0.3, 0.4) is 0 Å². The number of nitrogens with zero attached hydrogens (tertiary/aromatic N) is 2. The summed E-state index contributed by atoms with van der Waals surface area (Å²) in [5.74, 6) is 1.27. The van der Waals surface area contributed by atoms with Gasteiger partial charge in [0.15, 0.2) is 0 Å². The van der Waals surface area contributed by atoms with Gasteiger partial charge in [0.2, 0.25) is 5.91 Å². The molecule has 2 atom stereocenters. The summed E-state index contributed by atoms with van der Waals surface area (Å²) in [5, 5.41) is 1.18. The minimum absolute atomic E-state index is 0.0537. The van der Waals surface area contributed by atoms with Gasteiger partial charge < -0.3 is 9.32 Å². The Morgan fingerprint density at radius 2 is 2.14 bits per heavy atom. The van der Waals surface area contributed by atoms with Crippen LogP contribution in [0.4, 0.5) is 0 Å². The number of fused-ring (bicyclic) bond motifs is 2. The maximum Gasteiger partial charge on any atom is 0.239 e. The van der Waals surface area contributed by atoms with Crippen LogP contribution < -0.4 is 0 Å². The van der Waals surface area contributed by atoms with E-state index in [0.29, 0.717) is 6.04 Å². The van der Waals surface area contributed by atoms with Crippen molar-refractivity contribution in [3.8, 4) is 0 Å². The topological polar surface area (TPSA) is 36.7 Å². The van der Waals surface area contributed by atoms with Crippen molar-refractivity contribution in [1.29, 1.82) is 0 Å². The fourth-order valence-corrected chi connectivity index (χ4v) is 3.90. The first-order chi connectivity index (χ1) is 10.6. The second-order valence-corrected chi connectivity index (χ2v) is 6.58.